The number of fused-ring (bicyclic) bond motifs is 1. The third-order valence-electron chi connectivity index (χ3n) is 5.03. The molecule has 0 aromatic heterocycles. The molecule has 2 aromatic rings. The van der Waals surface area contributed by atoms with E-state index in [-0.39, 0.29) is 17.5 Å². The van der Waals surface area contributed by atoms with Gasteiger partial charge in [0.25, 0.3) is 0 Å². The number of halogens is 3. The molecular formula is C22H24BrClFNO3. The Labute approximate surface area is 184 Å². The number of rotatable bonds is 3. The van der Waals surface area contributed by atoms with Crippen molar-refractivity contribution in [2.45, 2.75) is 44.8 Å². The number of hydrogen-bond donors (Lipinski definition) is 0. The van der Waals surface area contributed by atoms with Crippen LogP contribution in [0.15, 0.2) is 40.9 Å². The number of carbonyl (C=O) groups is 1. The molecule has 1 heterocycles. The van der Waals surface area contributed by atoms with Gasteiger partial charge in [0, 0.05) is 29.1 Å². The summed E-state index contributed by atoms with van der Waals surface area (Å²) in [5, 5.41) is 0.0172. The summed E-state index contributed by atoms with van der Waals surface area (Å²) in [4.78, 5) is 14.1. The monoisotopic (exact) mass is 483 g/mol. The van der Waals surface area contributed by atoms with Crippen molar-refractivity contribution in [3.63, 3.8) is 0 Å². The lowest BCUT2D eigenvalue weighted by molar-refractivity contribution is -0.000690. The lowest BCUT2D eigenvalue weighted by Gasteiger charge is -2.37. The zero-order valence-corrected chi connectivity index (χ0v) is 19.4. The van der Waals surface area contributed by atoms with Crippen LogP contribution in [0.3, 0.4) is 0 Å². The Morgan fingerprint density at radius 1 is 1.34 bits per heavy atom. The third kappa shape index (κ3) is 4.10. The van der Waals surface area contributed by atoms with E-state index < -0.39 is 23.1 Å². The molecule has 7 heteroatoms. The van der Waals surface area contributed by atoms with Gasteiger partial charge in [-0.3, -0.25) is 0 Å². The molecule has 0 saturated heterocycles. The van der Waals surface area contributed by atoms with Crippen LogP contribution in [0.5, 0.6) is 5.75 Å². The van der Waals surface area contributed by atoms with Crippen molar-refractivity contribution < 1.29 is 18.7 Å². The van der Waals surface area contributed by atoms with E-state index in [1.807, 2.05) is 58.0 Å². The van der Waals surface area contributed by atoms with Gasteiger partial charge < -0.3 is 14.4 Å². The maximum absolute atomic E-state index is 14.3. The zero-order chi connectivity index (χ0) is 21.6. The predicted octanol–water partition coefficient (Wildman–Crippen LogP) is 6.50. The zero-order valence-electron chi connectivity index (χ0n) is 17.1. The van der Waals surface area contributed by atoms with Gasteiger partial charge in [-0.05, 0) is 42.3 Å². The molecule has 1 amide bonds. The van der Waals surface area contributed by atoms with Crippen molar-refractivity contribution in [2.75, 3.05) is 13.6 Å². The van der Waals surface area contributed by atoms with Crippen molar-refractivity contribution >= 4 is 33.6 Å². The van der Waals surface area contributed by atoms with Crippen LogP contribution < -0.4 is 4.74 Å². The van der Waals surface area contributed by atoms with Gasteiger partial charge in [0.05, 0.1) is 11.6 Å². The summed E-state index contributed by atoms with van der Waals surface area (Å²) >= 11 is 9.56. The molecule has 1 aliphatic rings. The number of ether oxygens (including phenoxy) is 2. The van der Waals surface area contributed by atoms with Crippen LogP contribution in [0.4, 0.5) is 9.18 Å². The molecule has 156 valence electrons. The van der Waals surface area contributed by atoms with Crippen LogP contribution in [0.1, 0.15) is 44.7 Å². The van der Waals surface area contributed by atoms with Crippen molar-refractivity contribution in [1.29, 1.82) is 0 Å². The SMILES string of the molecule is C[C@H]1c2c(cc(F)c(Cl)c2Br)O[C@]1(CN(C)C(=O)OC(C)(C)C)c1ccccc1. The van der Waals surface area contributed by atoms with E-state index in [0.29, 0.717) is 10.2 Å². The summed E-state index contributed by atoms with van der Waals surface area (Å²) in [7, 11) is 1.67. The average molecular weight is 485 g/mol. The van der Waals surface area contributed by atoms with Crippen LogP contribution in [0.2, 0.25) is 5.02 Å². The molecular weight excluding hydrogens is 461 g/mol. The summed E-state index contributed by atoms with van der Waals surface area (Å²) in [6.45, 7) is 7.66. The number of hydrogen-bond acceptors (Lipinski definition) is 3. The quantitative estimate of drug-likeness (QED) is 0.467. The fourth-order valence-electron chi connectivity index (χ4n) is 3.64. The Morgan fingerprint density at radius 2 is 1.97 bits per heavy atom. The molecule has 29 heavy (non-hydrogen) atoms. The molecule has 0 bridgehead atoms. The molecule has 0 aliphatic carbocycles. The highest BCUT2D eigenvalue weighted by Crippen LogP contribution is 2.54. The smallest absolute Gasteiger partial charge is 0.410 e. The first-order chi connectivity index (χ1) is 13.5. The Bertz CT molecular complexity index is 932. The second kappa shape index (κ2) is 7.80. The van der Waals surface area contributed by atoms with Gasteiger partial charge in [-0.1, -0.05) is 48.9 Å². The average Bonchev–Trinajstić information content (AvgIpc) is 2.91. The van der Waals surface area contributed by atoms with Crippen LogP contribution >= 0.6 is 27.5 Å². The van der Waals surface area contributed by atoms with Gasteiger partial charge in [-0.25, -0.2) is 9.18 Å². The number of likely N-dealkylation sites (N-methyl/N-ethyl adjacent to an activating group) is 1. The van der Waals surface area contributed by atoms with Crippen LogP contribution in [0, 0.1) is 5.82 Å². The topological polar surface area (TPSA) is 38.8 Å². The van der Waals surface area contributed by atoms with Crippen LogP contribution in [0.25, 0.3) is 0 Å². The first-order valence-electron chi connectivity index (χ1n) is 9.32. The Balaban J connectivity index is 2.06. The summed E-state index contributed by atoms with van der Waals surface area (Å²) < 4.78 is 26.6. The first kappa shape index (κ1) is 21.9. The standard InChI is InChI=1S/C22H24BrClFNO3/c1-13-17-16(11-15(25)19(24)18(17)23)28-22(13,14-9-7-6-8-10-14)12-26(5)20(27)29-21(2,3)4/h6-11,13H,12H2,1-5H3/t13-,22-/m0/s1. The molecule has 1 aliphatic heterocycles. The molecule has 0 spiro atoms. The number of amides is 1. The van der Waals surface area contributed by atoms with E-state index in [1.165, 1.54) is 11.0 Å². The van der Waals surface area contributed by atoms with Gasteiger partial charge in [0.1, 0.15) is 17.2 Å². The van der Waals surface area contributed by atoms with Crippen molar-refractivity contribution in [1.82, 2.24) is 4.90 Å². The van der Waals surface area contributed by atoms with E-state index in [9.17, 15) is 9.18 Å². The lowest BCUT2D eigenvalue weighted by Crippen LogP contribution is -2.47. The molecule has 2 aromatic carbocycles. The molecule has 3 rings (SSSR count). The molecule has 4 nitrogen and oxygen atoms in total. The third-order valence-corrected chi connectivity index (χ3v) is 6.45. The molecule has 2 atom stereocenters. The molecule has 0 radical (unpaired) electrons. The van der Waals surface area contributed by atoms with E-state index in [4.69, 9.17) is 21.1 Å². The number of benzene rings is 2. The minimum Gasteiger partial charge on any atom is -0.480 e. The highest BCUT2D eigenvalue weighted by Gasteiger charge is 2.50. The van der Waals surface area contributed by atoms with Crippen molar-refractivity contribution in [3.05, 3.63) is 62.8 Å². The highest BCUT2D eigenvalue weighted by molar-refractivity contribution is 9.10. The molecule has 0 unspecified atom stereocenters. The molecule has 0 saturated carbocycles. The lowest BCUT2D eigenvalue weighted by atomic mass is 9.80. The van der Waals surface area contributed by atoms with E-state index >= 15 is 0 Å². The normalized spacial score (nSPS) is 20.8. The summed E-state index contributed by atoms with van der Waals surface area (Å²) in [5.74, 6) is -0.362. The van der Waals surface area contributed by atoms with Gasteiger partial charge in [0.2, 0.25) is 0 Å². The first-order valence-corrected chi connectivity index (χ1v) is 10.5. The van der Waals surface area contributed by atoms with Crippen molar-refractivity contribution in [3.8, 4) is 5.75 Å². The minimum absolute atomic E-state index is 0.0172. The second-order valence-electron chi connectivity index (χ2n) is 8.31. The van der Waals surface area contributed by atoms with Gasteiger partial charge in [-0.15, -0.1) is 0 Å². The largest absolute Gasteiger partial charge is 0.480 e. The van der Waals surface area contributed by atoms with E-state index in [1.54, 1.807) is 7.05 Å². The van der Waals surface area contributed by atoms with E-state index in [2.05, 4.69) is 15.9 Å². The van der Waals surface area contributed by atoms with Gasteiger partial charge >= 0.3 is 6.09 Å². The highest BCUT2D eigenvalue weighted by atomic mass is 79.9. The number of nitrogens with zero attached hydrogens (tertiary/aromatic N) is 1. The maximum Gasteiger partial charge on any atom is 0.410 e. The van der Waals surface area contributed by atoms with Crippen molar-refractivity contribution in [2.24, 2.45) is 0 Å². The Hall–Kier alpha value is -1.79. The Kier molecular flexibility index (Phi) is 5.89. The van der Waals surface area contributed by atoms with Gasteiger partial charge in [0.15, 0.2) is 5.60 Å². The maximum atomic E-state index is 14.3. The van der Waals surface area contributed by atoms with E-state index in [0.717, 1.165) is 11.1 Å². The number of carbonyl (C=O) groups excluding carboxylic acids is 1. The minimum atomic E-state index is -0.922. The predicted molar refractivity (Wildman–Crippen MR) is 115 cm³/mol. The van der Waals surface area contributed by atoms with Crippen LogP contribution in [-0.4, -0.2) is 30.2 Å². The fraction of sp³-hybridized carbons (Fsp3) is 0.409. The second-order valence-corrected chi connectivity index (χ2v) is 9.48. The molecule has 0 fully saturated rings. The summed E-state index contributed by atoms with van der Waals surface area (Å²) in [6.07, 6.45) is -0.456. The Morgan fingerprint density at radius 3 is 2.55 bits per heavy atom. The van der Waals surface area contributed by atoms with Crippen LogP contribution in [-0.2, 0) is 10.3 Å². The summed E-state index contributed by atoms with van der Waals surface area (Å²) in [5.41, 5.74) is 0.116. The molecule has 0 N–H and O–H groups in total. The van der Waals surface area contributed by atoms with Gasteiger partial charge in [-0.2, -0.15) is 0 Å². The fourth-order valence-corrected chi connectivity index (χ4v) is 4.52. The summed E-state index contributed by atoms with van der Waals surface area (Å²) in [6, 6.07) is 10.9.